The van der Waals surface area contributed by atoms with E-state index in [9.17, 15) is 9.59 Å². The van der Waals surface area contributed by atoms with Crippen molar-refractivity contribution in [2.45, 2.75) is 25.8 Å². The van der Waals surface area contributed by atoms with Crippen molar-refractivity contribution in [2.24, 2.45) is 11.7 Å². The predicted molar refractivity (Wildman–Crippen MR) is 90.1 cm³/mol. The zero-order valence-corrected chi connectivity index (χ0v) is 14.0. The van der Waals surface area contributed by atoms with Crippen LogP contribution in [0.25, 0.3) is 6.08 Å². The molecule has 0 aromatic heterocycles. The largest absolute Gasteiger partial charge is 0.496 e. The maximum Gasteiger partial charge on any atom is 0.246 e. The molecule has 5 nitrogen and oxygen atoms in total. The van der Waals surface area contributed by atoms with E-state index >= 15 is 0 Å². The summed E-state index contributed by atoms with van der Waals surface area (Å²) in [6, 6.07) is 5.29. The zero-order valence-electron chi connectivity index (χ0n) is 13.3. The molecule has 1 fully saturated rings. The van der Waals surface area contributed by atoms with Crippen LogP contribution in [-0.2, 0) is 9.59 Å². The second kappa shape index (κ2) is 7.51. The zero-order chi connectivity index (χ0) is 17.0. The quantitative estimate of drug-likeness (QED) is 0.858. The molecule has 1 aliphatic heterocycles. The summed E-state index contributed by atoms with van der Waals surface area (Å²) in [6.07, 6.45) is 4.65. The van der Waals surface area contributed by atoms with E-state index in [2.05, 4.69) is 0 Å². The number of hydrogen-bond acceptors (Lipinski definition) is 3. The molecule has 2 amide bonds. The summed E-state index contributed by atoms with van der Waals surface area (Å²) in [7, 11) is 1.56. The minimum Gasteiger partial charge on any atom is -0.496 e. The smallest absolute Gasteiger partial charge is 0.246 e. The van der Waals surface area contributed by atoms with Crippen LogP contribution >= 0.6 is 11.6 Å². The van der Waals surface area contributed by atoms with Crippen LogP contribution in [0.4, 0.5) is 0 Å². The first kappa shape index (κ1) is 17.3. The third kappa shape index (κ3) is 4.26. The summed E-state index contributed by atoms with van der Waals surface area (Å²) in [5.74, 6) is -0.134. The number of primary amides is 1. The monoisotopic (exact) mass is 336 g/mol. The van der Waals surface area contributed by atoms with Crippen LogP contribution in [0.1, 0.15) is 25.3 Å². The normalized spacial score (nSPS) is 21.4. The summed E-state index contributed by atoms with van der Waals surface area (Å²) in [6.45, 7) is 2.34. The molecule has 0 aliphatic carbocycles. The van der Waals surface area contributed by atoms with Gasteiger partial charge in [-0.25, -0.2) is 0 Å². The Bertz CT molecular complexity index is 630. The molecule has 0 spiro atoms. The van der Waals surface area contributed by atoms with Crippen molar-refractivity contribution in [3.8, 4) is 5.75 Å². The highest BCUT2D eigenvalue weighted by Crippen LogP contribution is 2.25. The molecule has 1 heterocycles. The molecule has 0 radical (unpaired) electrons. The van der Waals surface area contributed by atoms with Gasteiger partial charge in [-0.1, -0.05) is 11.6 Å². The number of amides is 2. The maximum absolute atomic E-state index is 12.4. The van der Waals surface area contributed by atoms with Crippen molar-refractivity contribution in [1.82, 2.24) is 4.90 Å². The molecule has 6 heteroatoms. The van der Waals surface area contributed by atoms with E-state index in [4.69, 9.17) is 22.1 Å². The predicted octanol–water partition coefficient (Wildman–Crippen LogP) is 2.47. The van der Waals surface area contributed by atoms with Gasteiger partial charge in [0.1, 0.15) is 5.75 Å². The van der Waals surface area contributed by atoms with Gasteiger partial charge in [-0.05, 0) is 44.0 Å². The van der Waals surface area contributed by atoms with Crippen LogP contribution in [0.2, 0.25) is 5.02 Å². The number of rotatable bonds is 4. The second-order valence-corrected chi connectivity index (χ2v) is 6.17. The molecule has 1 aromatic carbocycles. The Morgan fingerprint density at radius 1 is 1.39 bits per heavy atom. The van der Waals surface area contributed by atoms with Crippen LogP contribution in [-0.4, -0.2) is 36.4 Å². The van der Waals surface area contributed by atoms with Gasteiger partial charge in [0.2, 0.25) is 11.8 Å². The number of benzene rings is 1. The van der Waals surface area contributed by atoms with Crippen LogP contribution < -0.4 is 10.5 Å². The van der Waals surface area contributed by atoms with E-state index in [-0.39, 0.29) is 23.8 Å². The minimum atomic E-state index is -0.352. The number of ether oxygens (including phenoxy) is 1. The lowest BCUT2D eigenvalue weighted by atomic mass is 9.93. The van der Waals surface area contributed by atoms with E-state index < -0.39 is 0 Å². The third-order valence-electron chi connectivity index (χ3n) is 4.16. The van der Waals surface area contributed by atoms with Crippen LogP contribution in [0.5, 0.6) is 5.75 Å². The lowest BCUT2D eigenvalue weighted by molar-refractivity contribution is -0.133. The first-order valence-corrected chi connectivity index (χ1v) is 7.91. The average Bonchev–Trinajstić information content (AvgIpc) is 2.53. The molecule has 2 rings (SSSR count). The highest BCUT2D eigenvalue weighted by Gasteiger charge is 2.30. The van der Waals surface area contributed by atoms with E-state index in [0.717, 1.165) is 18.4 Å². The first-order valence-electron chi connectivity index (χ1n) is 7.54. The van der Waals surface area contributed by atoms with Crippen molar-refractivity contribution in [3.63, 3.8) is 0 Å². The van der Waals surface area contributed by atoms with E-state index in [1.165, 1.54) is 6.08 Å². The molecule has 2 atom stereocenters. The van der Waals surface area contributed by atoms with Crippen LogP contribution in [0.15, 0.2) is 24.3 Å². The first-order chi connectivity index (χ1) is 10.9. The topological polar surface area (TPSA) is 72.6 Å². The summed E-state index contributed by atoms with van der Waals surface area (Å²) in [5.41, 5.74) is 6.09. The van der Waals surface area contributed by atoms with Gasteiger partial charge in [-0.15, -0.1) is 0 Å². The Balaban J connectivity index is 2.14. The Labute approximate surface area is 141 Å². The number of nitrogens with zero attached hydrogens (tertiary/aromatic N) is 1. The van der Waals surface area contributed by atoms with Crippen molar-refractivity contribution >= 4 is 29.5 Å². The number of halogens is 1. The third-order valence-corrected chi connectivity index (χ3v) is 4.40. The van der Waals surface area contributed by atoms with Crippen molar-refractivity contribution in [1.29, 1.82) is 0 Å². The molecule has 124 valence electrons. The Hall–Kier alpha value is -2.01. The molecule has 23 heavy (non-hydrogen) atoms. The molecule has 0 saturated carbocycles. The van der Waals surface area contributed by atoms with E-state index in [1.54, 1.807) is 36.3 Å². The summed E-state index contributed by atoms with van der Waals surface area (Å²) in [5, 5.41) is 0.568. The molecule has 2 N–H and O–H groups in total. The van der Waals surface area contributed by atoms with Gasteiger partial charge in [-0.3, -0.25) is 9.59 Å². The summed E-state index contributed by atoms with van der Waals surface area (Å²) in [4.78, 5) is 25.5. The van der Waals surface area contributed by atoms with Gasteiger partial charge in [-0.2, -0.15) is 0 Å². The van der Waals surface area contributed by atoms with Crippen molar-refractivity contribution < 1.29 is 14.3 Å². The molecular formula is C17H21ClN2O3. The van der Waals surface area contributed by atoms with Crippen LogP contribution in [0.3, 0.4) is 0 Å². The van der Waals surface area contributed by atoms with Crippen LogP contribution in [0, 0.1) is 5.92 Å². The number of nitrogens with two attached hydrogens (primary N) is 1. The highest BCUT2D eigenvalue weighted by atomic mass is 35.5. The van der Waals surface area contributed by atoms with Gasteiger partial charge >= 0.3 is 0 Å². The van der Waals surface area contributed by atoms with Gasteiger partial charge < -0.3 is 15.4 Å². The van der Waals surface area contributed by atoms with E-state index in [0.29, 0.717) is 17.3 Å². The Morgan fingerprint density at radius 2 is 2.13 bits per heavy atom. The molecular weight excluding hydrogens is 316 g/mol. The van der Waals surface area contributed by atoms with Gasteiger partial charge in [0, 0.05) is 29.2 Å². The lowest BCUT2D eigenvalue weighted by Crippen LogP contribution is -2.48. The van der Waals surface area contributed by atoms with Gasteiger partial charge in [0.05, 0.1) is 13.0 Å². The highest BCUT2D eigenvalue weighted by molar-refractivity contribution is 6.30. The fourth-order valence-corrected chi connectivity index (χ4v) is 2.92. The molecule has 1 aromatic rings. The number of likely N-dealkylation sites (tertiary alicyclic amines) is 1. The lowest BCUT2D eigenvalue weighted by Gasteiger charge is -2.36. The van der Waals surface area contributed by atoms with Crippen molar-refractivity contribution in [3.05, 3.63) is 34.9 Å². The summed E-state index contributed by atoms with van der Waals surface area (Å²) < 4.78 is 5.25. The SMILES string of the molecule is COc1ccc(Cl)cc1/C=C\C(=O)N1C[C@H](C(N)=O)CC[C@@H]1C. The molecule has 0 unspecified atom stereocenters. The van der Waals surface area contributed by atoms with Crippen molar-refractivity contribution in [2.75, 3.05) is 13.7 Å². The second-order valence-electron chi connectivity index (χ2n) is 5.74. The Morgan fingerprint density at radius 3 is 2.78 bits per heavy atom. The maximum atomic E-state index is 12.4. The average molecular weight is 337 g/mol. The number of piperidine rings is 1. The molecule has 1 aliphatic rings. The van der Waals surface area contributed by atoms with Gasteiger partial charge in [0.25, 0.3) is 0 Å². The number of hydrogen-bond donors (Lipinski definition) is 1. The summed E-state index contributed by atoms with van der Waals surface area (Å²) >= 11 is 5.98. The van der Waals surface area contributed by atoms with E-state index in [1.807, 2.05) is 6.92 Å². The fraction of sp³-hybridized carbons (Fsp3) is 0.412. The Kier molecular flexibility index (Phi) is 5.66. The number of carbonyl (C=O) groups excluding carboxylic acids is 2. The number of carbonyl (C=O) groups is 2. The minimum absolute atomic E-state index is 0.0870. The van der Waals surface area contributed by atoms with Gasteiger partial charge in [0.15, 0.2) is 0 Å². The fourth-order valence-electron chi connectivity index (χ4n) is 2.74. The molecule has 1 saturated heterocycles. The standard InChI is InChI=1S/C17H21ClN2O3/c1-11-3-4-13(17(19)22)10-20(11)16(21)8-5-12-9-14(18)6-7-15(12)23-2/h5-9,11,13H,3-4,10H2,1-2H3,(H2,19,22)/b8-5-/t11-,13+/m0/s1. The number of methoxy groups -OCH3 is 1. The molecule has 0 bridgehead atoms.